The van der Waals surface area contributed by atoms with Gasteiger partial charge in [-0.15, -0.1) is 0 Å². The first-order chi connectivity index (χ1) is 37.9. The molecule has 0 fully saturated rings. The molecule has 79 heavy (non-hydrogen) atoms. The highest BCUT2D eigenvalue weighted by atomic mass is 16.5. The molecule has 2 nitrogen and oxygen atoms in total. The standard InChI is InChI=1S/C76H66BNO/c1-73(2,3)55-37-52-39-57(45-55)75(7,8)76(9,10)58-40-53(38-56(46-58)74(4,5)6)51-34-36-69-66(42-51)77-65-41-50(52)33-35-67(65)78(68-43-54(44-70(79-69)71(68)77)47-21-12-11-13-22-47)72-63(61-29-18-25-48-23-14-16-27-59(48)61)31-20-32-64(72)62-30-19-26-49-24-15-17-28-60(49)62/h11-46H,1-10H3. The summed E-state index contributed by atoms with van der Waals surface area (Å²) >= 11 is 0. The highest BCUT2D eigenvalue weighted by molar-refractivity contribution is 6.99. The first kappa shape index (κ1) is 48.9. The third-order valence-electron chi connectivity index (χ3n) is 18.6. The Balaban J connectivity index is 1.15. The first-order valence-electron chi connectivity index (χ1n) is 28.3. The van der Waals surface area contributed by atoms with E-state index in [1.54, 1.807) is 0 Å². The molecule has 11 aromatic rings. The van der Waals surface area contributed by atoms with Crippen LogP contribution in [0, 0.1) is 0 Å². The van der Waals surface area contributed by atoms with Gasteiger partial charge in [-0.05, 0) is 151 Å². The van der Waals surface area contributed by atoms with Crippen LogP contribution in [0.15, 0.2) is 218 Å². The summed E-state index contributed by atoms with van der Waals surface area (Å²) in [5, 5.41) is 4.85. The Hall–Kier alpha value is -8.40. The molecule has 0 saturated carbocycles. The largest absolute Gasteiger partial charge is 0.458 e. The summed E-state index contributed by atoms with van der Waals surface area (Å²) in [6, 6.07) is 83.2. The normalized spacial score (nSPS) is 14.7. The lowest BCUT2D eigenvalue weighted by molar-refractivity contribution is 0.302. The molecule has 0 amide bonds. The van der Waals surface area contributed by atoms with Crippen LogP contribution in [0.1, 0.15) is 91.5 Å². The van der Waals surface area contributed by atoms with Crippen molar-refractivity contribution < 1.29 is 4.74 Å². The summed E-state index contributed by atoms with van der Waals surface area (Å²) in [6.45, 7) is 23.8. The molecule has 3 heteroatoms. The fourth-order valence-corrected chi connectivity index (χ4v) is 13.2. The fourth-order valence-electron chi connectivity index (χ4n) is 13.2. The Labute approximate surface area is 467 Å². The molecular weight excluding hydrogens is 954 g/mol. The molecule has 0 atom stereocenters. The maximum absolute atomic E-state index is 7.45. The minimum absolute atomic E-state index is 0.0804. The van der Waals surface area contributed by atoms with Gasteiger partial charge in [0.25, 0.3) is 6.71 Å². The van der Waals surface area contributed by atoms with Crippen molar-refractivity contribution >= 4 is 61.7 Å². The van der Waals surface area contributed by atoms with E-state index in [-0.39, 0.29) is 28.4 Å². The molecule has 11 aromatic carbocycles. The Bertz CT molecular complexity index is 4210. The van der Waals surface area contributed by atoms with E-state index in [0.717, 1.165) is 50.8 Å². The van der Waals surface area contributed by atoms with Crippen LogP contribution in [0.5, 0.6) is 11.5 Å². The van der Waals surface area contributed by atoms with E-state index in [0.29, 0.717) is 0 Å². The van der Waals surface area contributed by atoms with E-state index >= 15 is 0 Å². The first-order valence-corrected chi connectivity index (χ1v) is 28.3. The van der Waals surface area contributed by atoms with Crippen molar-refractivity contribution in [2.45, 2.75) is 90.9 Å². The van der Waals surface area contributed by atoms with Crippen molar-refractivity contribution in [2.24, 2.45) is 0 Å². The van der Waals surface area contributed by atoms with E-state index < -0.39 is 0 Å². The van der Waals surface area contributed by atoms with Crippen molar-refractivity contribution in [3.63, 3.8) is 0 Å². The number of nitrogens with zero attached hydrogens (tertiary/aromatic N) is 1. The van der Waals surface area contributed by atoms with Crippen molar-refractivity contribution in [1.82, 2.24) is 0 Å². The number of para-hydroxylation sites is 1. The lowest BCUT2D eigenvalue weighted by Gasteiger charge is -2.44. The van der Waals surface area contributed by atoms with E-state index in [1.807, 2.05) is 0 Å². The molecule has 14 rings (SSSR count). The minimum Gasteiger partial charge on any atom is -0.458 e. The van der Waals surface area contributed by atoms with Gasteiger partial charge >= 0.3 is 0 Å². The van der Waals surface area contributed by atoms with Crippen molar-refractivity contribution in [3.8, 4) is 67.1 Å². The van der Waals surface area contributed by atoms with E-state index in [9.17, 15) is 0 Å². The molecule has 3 aliphatic heterocycles. The maximum Gasteiger partial charge on any atom is 0.256 e. The van der Waals surface area contributed by atoms with Gasteiger partial charge in [0.15, 0.2) is 0 Å². The summed E-state index contributed by atoms with van der Waals surface area (Å²) in [4.78, 5) is 2.63. The van der Waals surface area contributed by atoms with Crippen molar-refractivity contribution in [2.75, 3.05) is 4.90 Å². The Morgan fingerprint density at radius 3 is 1.42 bits per heavy atom. The van der Waals surface area contributed by atoms with Crippen LogP contribution >= 0.6 is 0 Å². The molecule has 3 heterocycles. The number of anilines is 3. The van der Waals surface area contributed by atoms with Gasteiger partial charge in [-0.25, -0.2) is 0 Å². The van der Waals surface area contributed by atoms with Gasteiger partial charge in [0.05, 0.1) is 5.69 Å². The van der Waals surface area contributed by atoms with Gasteiger partial charge in [0, 0.05) is 22.5 Å². The molecule has 3 aliphatic rings. The van der Waals surface area contributed by atoms with Gasteiger partial charge in [0.2, 0.25) is 0 Å². The van der Waals surface area contributed by atoms with E-state index in [2.05, 4.69) is 293 Å². The molecule has 0 radical (unpaired) electrons. The number of fused-ring (bicyclic) bond motifs is 10. The number of ether oxygens (including phenoxy) is 1. The average molecular weight is 1020 g/mol. The van der Waals surface area contributed by atoms with Gasteiger partial charge in [-0.3, -0.25) is 0 Å². The molecule has 8 bridgehead atoms. The van der Waals surface area contributed by atoms with E-state index in [4.69, 9.17) is 4.74 Å². The summed E-state index contributed by atoms with van der Waals surface area (Å²) < 4.78 is 7.45. The molecule has 0 spiro atoms. The molecule has 0 saturated heterocycles. The topological polar surface area (TPSA) is 12.5 Å². The van der Waals surface area contributed by atoms with Crippen LogP contribution in [0.3, 0.4) is 0 Å². The third kappa shape index (κ3) is 7.75. The molecule has 384 valence electrons. The number of hydrogen-bond acceptors (Lipinski definition) is 2. The lowest BCUT2D eigenvalue weighted by atomic mass is 9.34. The summed E-state index contributed by atoms with van der Waals surface area (Å²) in [7, 11) is 0. The Morgan fingerprint density at radius 1 is 0.367 bits per heavy atom. The number of benzene rings is 11. The quantitative estimate of drug-likeness (QED) is 0.163. The average Bonchev–Trinajstić information content (AvgIpc) is 3.52. The second kappa shape index (κ2) is 17.6. The summed E-state index contributed by atoms with van der Waals surface area (Å²) in [6.07, 6.45) is 0. The van der Waals surface area contributed by atoms with Crippen LogP contribution in [0.4, 0.5) is 17.1 Å². The van der Waals surface area contributed by atoms with Crippen LogP contribution in [0.25, 0.3) is 77.2 Å². The third-order valence-corrected chi connectivity index (χ3v) is 18.6. The Morgan fingerprint density at radius 2 is 0.848 bits per heavy atom. The zero-order valence-electron chi connectivity index (χ0n) is 47.2. The van der Waals surface area contributed by atoms with Crippen LogP contribution in [0.2, 0.25) is 0 Å². The molecule has 0 aliphatic carbocycles. The zero-order chi connectivity index (χ0) is 54.3. The lowest BCUT2D eigenvalue weighted by Crippen LogP contribution is -2.59. The number of rotatable bonds is 4. The second-order valence-electron chi connectivity index (χ2n) is 25.8. The number of hydrogen-bond donors (Lipinski definition) is 0. The fraction of sp³-hybridized carbons (Fsp3) is 0.184. The smallest absolute Gasteiger partial charge is 0.256 e. The summed E-state index contributed by atoms with van der Waals surface area (Å²) in [5.41, 5.74) is 23.4. The SMILES string of the molecule is CC(C)(C)c1cc2cc(c1)C(C)(C)C(C)(C)c1cc(cc(C(C)(C)C)c1)-c1ccc3c(c1)B1c4cc-2ccc4Oc2cc(-c4ccccc4)cc(c21)N3c1c(-c2cccc3ccccc23)cccc1-c1cccc2ccccc12. The van der Waals surface area contributed by atoms with Crippen LogP contribution in [-0.4, -0.2) is 6.71 Å². The van der Waals surface area contributed by atoms with Gasteiger partial charge in [0.1, 0.15) is 11.5 Å². The predicted octanol–water partition coefficient (Wildman–Crippen LogP) is 18.9. The Kier molecular flexibility index (Phi) is 10.9. The highest BCUT2D eigenvalue weighted by Crippen LogP contribution is 2.53. The molecule has 0 N–H and O–H groups in total. The van der Waals surface area contributed by atoms with Crippen LogP contribution < -0.4 is 26.0 Å². The highest BCUT2D eigenvalue weighted by Gasteiger charge is 2.45. The van der Waals surface area contributed by atoms with E-state index in [1.165, 1.54) is 93.6 Å². The minimum atomic E-state index is -0.274. The summed E-state index contributed by atoms with van der Waals surface area (Å²) in [5.74, 6) is 1.78. The molecule has 0 unspecified atom stereocenters. The predicted molar refractivity (Wildman–Crippen MR) is 338 cm³/mol. The maximum atomic E-state index is 7.45. The second-order valence-corrected chi connectivity index (χ2v) is 25.8. The zero-order valence-corrected chi connectivity index (χ0v) is 47.2. The molecular formula is C76H66BNO. The van der Waals surface area contributed by atoms with Crippen LogP contribution in [-0.2, 0) is 21.7 Å². The van der Waals surface area contributed by atoms with Gasteiger partial charge in [-0.2, -0.15) is 0 Å². The van der Waals surface area contributed by atoms with Crippen molar-refractivity contribution in [1.29, 1.82) is 0 Å². The van der Waals surface area contributed by atoms with Gasteiger partial charge in [-0.1, -0.05) is 263 Å². The monoisotopic (exact) mass is 1020 g/mol. The van der Waals surface area contributed by atoms with Crippen molar-refractivity contribution in [3.05, 3.63) is 241 Å². The van der Waals surface area contributed by atoms with Gasteiger partial charge < -0.3 is 9.64 Å². The molecule has 0 aromatic heterocycles.